The van der Waals surface area contributed by atoms with E-state index in [1.165, 1.54) is 16.7 Å². The Labute approximate surface area is 111 Å². The van der Waals surface area contributed by atoms with Gasteiger partial charge in [-0.2, -0.15) is 0 Å². The van der Waals surface area contributed by atoms with Gasteiger partial charge >= 0.3 is 0 Å². The molecule has 1 aromatic carbocycles. The first-order chi connectivity index (χ1) is 8.48. The van der Waals surface area contributed by atoms with Crippen LogP contribution in [0.2, 0.25) is 0 Å². The van der Waals surface area contributed by atoms with Crippen molar-refractivity contribution in [2.45, 2.75) is 39.7 Å². The first kappa shape index (κ1) is 14.7. The molecule has 1 heteroatoms. The minimum Gasteiger partial charge on any atom is -0.326 e. The predicted octanol–water partition coefficient (Wildman–Crippen LogP) is 4.19. The smallest absolute Gasteiger partial charge is 0.0358 e. The molecule has 1 aromatic rings. The normalized spacial score (nSPS) is 15.0. The lowest BCUT2D eigenvalue weighted by Gasteiger charge is -2.36. The molecule has 18 heavy (non-hydrogen) atoms. The van der Waals surface area contributed by atoms with Gasteiger partial charge in [0.1, 0.15) is 0 Å². The highest BCUT2D eigenvalue weighted by atomic mass is 14.5. The second-order valence-corrected chi connectivity index (χ2v) is 5.21. The van der Waals surface area contributed by atoms with E-state index in [4.69, 9.17) is 5.73 Å². The maximum Gasteiger partial charge on any atom is 0.0358 e. The van der Waals surface area contributed by atoms with Crippen LogP contribution in [0.4, 0.5) is 0 Å². The Hall–Kier alpha value is -1.34. The molecule has 98 valence electrons. The van der Waals surface area contributed by atoms with Crippen molar-refractivity contribution in [3.63, 3.8) is 0 Å². The van der Waals surface area contributed by atoms with Crippen molar-refractivity contribution in [2.24, 2.45) is 11.7 Å². The fraction of sp³-hybridized carbons (Fsp3) is 0.412. The molecular weight excluding hydrogens is 218 g/mol. The average molecular weight is 243 g/mol. The summed E-state index contributed by atoms with van der Waals surface area (Å²) in [5.41, 5.74) is 9.21. The van der Waals surface area contributed by atoms with Crippen molar-refractivity contribution in [1.29, 1.82) is 0 Å². The highest BCUT2D eigenvalue weighted by Crippen LogP contribution is 2.40. The summed E-state index contributed by atoms with van der Waals surface area (Å²) in [5.74, 6) is 0.468. The summed E-state index contributed by atoms with van der Waals surface area (Å²) in [6, 6.07) is 8.57. The zero-order valence-electron chi connectivity index (χ0n) is 12.0. The summed E-state index contributed by atoms with van der Waals surface area (Å²) in [6.07, 6.45) is 4.38. The van der Waals surface area contributed by atoms with Crippen LogP contribution in [-0.4, -0.2) is 0 Å². The zero-order valence-corrected chi connectivity index (χ0v) is 12.0. The molecule has 0 saturated heterocycles. The van der Waals surface area contributed by atoms with Crippen LogP contribution in [0, 0.1) is 5.92 Å². The van der Waals surface area contributed by atoms with E-state index < -0.39 is 0 Å². The summed E-state index contributed by atoms with van der Waals surface area (Å²) in [4.78, 5) is 0. The van der Waals surface area contributed by atoms with Gasteiger partial charge in [0.2, 0.25) is 0 Å². The molecule has 0 bridgehead atoms. The first-order valence-corrected chi connectivity index (χ1v) is 6.58. The lowest BCUT2D eigenvalue weighted by molar-refractivity contribution is 0.444. The van der Waals surface area contributed by atoms with Crippen molar-refractivity contribution >= 4 is 0 Å². The summed E-state index contributed by atoms with van der Waals surface area (Å²) in [7, 11) is 0. The average Bonchev–Trinajstić information content (AvgIpc) is 2.35. The third-order valence-electron chi connectivity index (χ3n) is 3.71. The van der Waals surface area contributed by atoms with E-state index in [1.807, 2.05) is 0 Å². The summed E-state index contributed by atoms with van der Waals surface area (Å²) >= 11 is 0. The summed E-state index contributed by atoms with van der Waals surface area (Å²) in [6.45, 7) is 13.5. The van der Waals surface area contributed by atoms with Gasteiger partial charge in [0.25, 0.3) is 0 Å². The van der Waals surface area contributed by atoms with Crippen molar-refractivity contribution in [2.75, 3.05) is 0 Å². The number of allylic oxidation sites excluding steroid dienone is 3. The molecule has 0 saturated carbocycles. The number of hydrogen-bond acceptors (Lipinski definition) is 1. The van der Waals surface area contributed by atoms with Gasteiger partial charge in [-0.1, -0.05) is 62.4 Å². The maximum atomic E-state index is 5.66. The molecule has 1 nitrogen and oxygen atoms in total. The van der Waals surface area contributed by atoms with E-state index in [0.29, 0.717) is 12.5 Å². The fourth-order valence-electron chi connectivity index (χ4n) is 2.68. The SMILES string of the molecule is C=C(C)C(/C=C/C)(c1ccc(CN)cc1)C(C)C. The van der Waals surface area contributed by atoms with Crippen LogP contribution in [0.25, 0.3) is 0 Å². The van der Waals surface area contributed by atoms with Crippen molar-refractivity contribution in [3.8, 4) is 0 Å². The van der Waals surface area contributed by atoms with Crippen molar-refractivity contribution in [3.05, 3.63) is 59.7 Å². The second kappa shape index (κ2) is 6.01. The van der Waals surface area contributed by atoms with E-state index in [9.17, 15) is 0 Å². The van der Waals surface area contributed by atoms with Crippen LogP contribution < -0.4 is 5.73 Å². The highest BCUT2D eigenvalue weighted by molar-refractivity contribution is 5.42. The monoisotopic (exact) mass is 243 g/mol. The lowest BCUT2D eigenvalue weighted by atomic mass is 9.67. The third kappa shape index (κ3) is 2.56. The zero-order chi connectivity index (χ0) is 13.8. The summed E-state index contributed by atoms with van der Waals surface area (Å²) in [5, 5.41) is 0. The molecule has 0 heterocycles. The van der Waals surface area contributed by atoms with Crippen molar-refractivity contribution < 1.29 is 0 Å². The van der Waals surface area contributed by atoms with E-state index >= 15 is 0 Å². The Morgan fingerprint density at radius 1 is 1.33 bits per heavy atom. The quantitative estimate of drug-likeness (QED) is 0.771. The topological polar surface area (TPSA) is 26.0 Å². The number of benzene rings is 1. The Balaban J connectivity index is 3.36. The molecule has 0 fully saturated rings. The van der Waals surface area contributed by atoms with Crippen LogP contribution in [0.5, 0.6) is 0 Å². The molecule has 0 aliphatic heterocycles. The fourth-order valence-corrected chi connectivity index (χ4v) is 2.68. The maximum absolute atomic E-state index is 5.66. The van der Waals surface area contributed by atoms with Gasteiger partial charge < -0.3 is 5.73 Å². The standard InChI is InChI=1S/C17H25N/c1-6-11-17(13(2)3,14(4)5)16-9-7-15(12-18)8-10-16/h6-11,14H,2,12,18H2,1,3-5H3/b11-6+. The number of nitrogens with two attached hydrogens (primary N) is 1. The summed E-state index contributed by atoms with van der Waals surface area (Å²) < 4.78 is 0. The van der Waals surface area contributed by atoms with Gasteiger partial charge in [0.05, 0.1) is 0 Å². The molecule has 1 unspecified atom stereocenters. The van der Waals surface area contributed by atoms with Crippen LogP contribution in [0.1, 0.15) is 38.8 Å². The lowest BCUT2D eigenvalue weighted by Crippen LogP contribution is -2.31. The highest BCUT2D eigenvalue weighted by Gasteiger charge is 2.33. The number of hydrogen-bond donors (Lipinski definition) is 1. The molecule has 0 radical (unpaired) electrons. The van der Waals surface area contributed by atoms with E-state index in [1.54, 1.807) is 0 Å². The first-order valence-electron chi connectivity index (χ1n) is 6.58. The second-order valence-electron chi connectivity index (χ2n) is 5.21. The van der Waals surface area contributed by atoms with E-state index in [-0.39, 0.29) is 5.41 Å². The van der Waals surface area contributed by atoms with E-state index in [0.717, 1.165) is 0 Å². The minimum atomic E-state index is -0.0815. The van der Waals surface area contributed by atoms with Gasteiger partial charge in [0.15, 0.2) is 0 Å². The Bertz CT molecular complexity index is 425. The molecule has 0 aliphatic rings. The van der Waals surface area contributed by atoms with Gasteiger partial charge in [-0.15, -0.1) is 0 Å². The van der Waals surface area contributed by atoms with Gasteiger partial charge in [0, 0.05) is 12.0 Å². The van der Waals surface area contributed by atoms with E-state index in [2.05, 4.69) is 70.7 Å². The molecular formula is C17H25N. The Morgan fingerprint density at radius 2 is 1.89 bits per heavy atom. The molecule has 0 aromatic heterocycles. The van der Waals surface area contributed by atoms with Crippen molar-refractivity contribution in [1.82, 2.24) is 0 Å². The molecule has 2 N–H and O–H groups in total. The third-order valence-corrected chi connectivity index (χ3v) is 3.71. The Kier molecular flexibility index (Phi) is 4.92. The Morgan fingerprint density at radius 3 is 2.22 bits per heavy atom. The minimum absolute atomic E-state index is 0.0815. The molecule has 0 spiro atoms. The van der Waals surface area contributed by atoms with Gasteiger partial charge in [-0.05, 0) is 30.9 Å². The molecule has 0 aliphatic carbocycles. The molecule has 0 amide bonds. The predicted molar refractivity (Wildman–Crippen MR) is 80.5 cm³/mol. The van der Waals surface area contributed by atoms with Crippen LogP contribution in [-0.2, 0) is 12.0 Å². The van der Waals surface area contributed by atoms with Crippen LogP contribution >= 0.6 is 0 Å². The molecule has 1 atom stereocenters. The van der Waals surface area contributed by atoms with Crippen LogP contribution in [0.15, 0.2) is 48.6 Å². The number of rotatable bonds is 5. The van der Waals surface area contributed by atoms with Crippen LogP contribution in [0.3, 0.4) is 0 Å². The largest absolute Gasteiger partial charge is 0.326 e. The molecule has 1 rings (SSSR count). The van der Waals surface area contributed by atoms with Gasteiger partial charge in [-0.25, -0.2) is 0 Å². The van der Waals surface area contributed by atoms with Gasteiger partial charge in [-0.3, -0.25) is 0 Å².